The highest BCUT2D eigenvalue weighted by Crippen LogP contribution is 2.41. The Hall–Kier alpha value is -1.49. The van der Waals surface area contributed by atoms with Gasteiger partial charge in [-0.3, -0.25) is 0 Å². The summed E-state index contributed by atoms with van der Waals surface area (Å²) in [5.74, 6) is -2.66. The zero-order chi connectivity index (χ0) is 13.5. The monoisotopic (exact) mass is 266 g/mol. The predicted octanol–water partition coefficient (Wildman–Crippen LogP) is 3.19. The maximum absolute atomic E-state index is 13.2. The Kier molecular flexibility index (Phi) is 3.01. The maximum Gasteiger partial charge on any atom is 0.248 e. The van der Waals surface area contributed by atoms with Crippen molar-refractivity contribution in [3.63, 3.8) is 0 Å². The Morgan fingerprint density at radius 2 is 2.05 bits per heavy atom. The molecule has 3 rings (SSSR count). The highest BCUT2D eigenvalue weighted by Gasteiger charge is 2.37. The third-order valence-electron chi connectivity index (χ3n) is 3.99. The van der Waals surface area contributed by atoms with E-state index in [0.29, 0.717) is 12.8 Å². The van der Waals surface area contributed by atoms with Gasteiger partial charge in [0.25, 0.3) is 0 Å². The van der Waals surface area contributed by atoms with Gasteiger partial charge in [0.1, 0.15) is 0 Å². The number of fused-ring (bicyclic) bond motifs is 1. The van der Waals surface area contributed by atoms with E-state index in [2.05, 4.69) is 4.98 Å². The first-order chi connectivity index (χ1) is 9.07. The summed E-state index contributed by atoms with van der Waals surface area (Å²) < 4.78 is 28.1. The normalized spacial score (nSPS) is 21.6. The molecule has 0 amide bonds. The molecular formula is C14H16F2N2O. The lowest BCUT2D eigenvalue weighted by Crippen LogP contribution is -2.28. The van der Waals surface area contributed by atoms with Crippen molar-refractivity contribution in [2.75, 3.05) is 0 Å². The number of aliphatic hydroxyl groups is 1. The molecule has 1 aliphatic rings. The van der Waals surface area contributed by atoms with Crippen LogP contribution in [-0.2, 0) is 0 Å². The molecule has 5 heteroatoms. The maximum atomic E-state index is 13.2. The first-order valence-electron chi connectivity index (χ1n) is 6.54. The van der Waals surface area contributed by atoms with E-state index in [-0.39, 0.29) is 18.8 Å². The van der Waals surface area contributed by atoms with Gasteiger partial charge in [0.05, 0.1) is 29.8 Å². The van der Waals surface area contributed by atoms with Gasteiger partial charge in [0, 0.05) is 12.8 Å². The van der Waals surface area contributed by atoms with E-state index in [0.717, 1.165) is 11.2 Å². The van der Waals surface area contributed by atoms with Crippen LogP contribution in [-0.4, -0.2) is 20.4 Å². The number of pyridine rings is 1. The van der Waals surface area contributed by atoms with Crippen molar-refractivity contribution in [3.8, 4) is 0 Å². The van der Waals surface area contributed by atoms with Crippen molar-refractivity contribution in [1.82, 2.24) is 9.38 Å². The van der Waals surface area contributed by atoms with Crippen molar-refractivity contribution in [2.24, 2.45) is 5.92 Å². The van der Waals surface area contributed by atoms with E-state index >= 15 is 0 Å². The fourth-order valence-corrected chi connectivity index (χ4v) is 2.83. The lowest BCUT2D eigenvalue weighted by Gasteiger charge is -2.31. The van der Waals surface area contributed by atoms with Gasteiger partial charge in [0.2, 0.25) is 5.92 Å². The fourth-order valence-electron chi connectivity index (χ4n) is 2.83. The van der Waals surface area contributed by atoms with E-state index in [1.54, 1.807) is 12.5 Å². The summed E-state index contributed by atoms with van der Waals surface area (Å²) in [4.78, 5) is 4.04. The zero-order valence-electron chi connectivity index (χ0n) is 10.5. The molecule has 19 heavy (non-hydrogen) atoms. The smallest absolute Gasteiger partial charge is 0.248 e. The van der Waals surface area contributed by atoms with Gasteiger partial charge in [-0.15, -0.1) is 0 Å². The summed E-state index contributed by atoms with van der Waals surface area (Å²) in [6.07, 6.45) is 3.10. The number of alkyl halides is 2. The molecule has 2 heterocycles. The molecular weight excluding hydrogens is 250 g/mol. The Labute approximate surface area is 109 Å². The summed E-state index contributed by atoms with van der Waals surface area (Å²) >= 11 is 0. The Balaban J connectivity index is 1.84. The minimum absolute atomic E-state index is 0.104. The SMILES string of the molecule is OC(c1cccc2cncn12)C1CCC(F)(F)CC1. The van der Waals surface area contributed by atoms with Crippen LogP contribution in [0.1, 0.15) is 37.5 Å². The van der Waals surface area contributed by atoms with E-state index in [4.69, 9.17) is 0 Å². The topological polar surface area (TPSA) is 37.5 Å². The average molecular weight is 266 g/mol. The second-order valence-corrected chi connectivity index (χ2v) is 5.28. The summed E-state index contributed by atoms with van der Waals surface area (Å²) in [6, 6.07) is 5.58. The van der Waals surface area contributed by atoms with Crippen molar-refractivity contribution in [3.05, 3.63) is 36.4 Å². The minimum Gasteiger partial charge on any atom is -0.387 e. The first-order valence-corrected chi connectivity index (χ1v) is 6.54. The van der Waals surface area contributed by atoms with Crippen LogP contribution in [0.3, 0.4) is 0 Å². The number of aliphatic hydroxyl groups excluding tert-OH is 1. The van der Waals surface area contributed by atoms with Crippen LogP contribution in [0.2, 0.25) is 0 Å². The number of aromatic nitrogens is 2. The van der Waals surface area contributed by atoms with Crippen LogP contribution in [0, 0.1) is 5.92 Å². The van der Waals surface area contributed by atoms with Crippen LogP contribution in [0.5, 0.6) is 0 Å². The zero-order valence-corrected chi connectivity index (χ0v) is 10.5. The molecule has 102 valence electrons. The fraction of sp³-hybridized carbons (Fsp3) is 0.500. The van der Waals surface area contributed by atoms with Crippen molar-refractivity contribution in [2.45, 2.75) is 37.7 Å². The standard InChI is InChI=1S/C14H16F2N2O/c15-14(16)6-4-10(5-7-14)13(19)12-3-1-2-11-8-17-9-18(11)12/h1-3,8-10,13,19H,4-7H2. The molecule has 1 aliphatic carbocycles. The van der Waals surface area contributed by atoms with Gasteiger partial charge in [-0.05, 0) is 30.9 Å². The van der Waals surface area contributed by atoms with Crippen LogP contribution in [0.25, 0.3) is 5.52 Å². The van der Waals surface area contributed by atoms with Gasteiger partial charge < -0.3 is 9.51 Å². The number of imidazole rings is 1. The number of rotatable bonds is 2. The first kappa shape index (κ1) is 12.5. The van der Waals surface area contributed by atoms with Gasteiger partial charge >= 0.3 is 0 Å². The molecule has 2 aromatic heterocycles. The lowest BCUT2D eigenvalue weighted by atomic mass is 9.82. The lowest BCUT2D eigenvalue weighted by molar-refractivity contribution is -0.0633. The molecule has 0 bridgehead atoms. The Morgan fingerprint density at radius 3 is 2.79 bits per heavy atom. The molecule has 0 radical (unpaired) electrons. The molecule has 1 N–H and O–H groups in total. The van der Waals surface area contributed by atoms with Gasteiger partial charge in [-0.25, -0.2) is 13.8 Å². The highest BCUT2D eigenvalue weighted by atomic mass is 19.3. The molecule has 0 saturated heterocycles. The number of hydrogen-bond acceptors (Lipinski definition) is 2. The molecule has 0 aliphatic heterocycles. The summed E-state index contributed by atoms with van der Waals surface area (Å²) in [5.41, 5.74) is 1.63. The molecule has 1 saturated carbocycles. The van der Waals surface area contributed by atoms with Crippen LogP contribution >= 0.6 is 0 Å². The Bertz CT molecular complexity index is 572. The second kappa shape index (κ2) is 4.56. The van der Waals surface area contributed by atoms with Crippen molar-refractivity contribution in [1.29, 1.82) is 0 Å². The number of hydrogen-bond donors (Lipinski definition) is 1. The minimum atomic E-state index is -2.56. The molecule has 2 aromatic rings. The number of nitrogens with zero attached hydrogens (tertiary/aromatic N) is 2. The van der Waals surface area contributed by atoms with E-state index in [1.165, 1.54) is 0 Å². The van der Waals surface area contributed by atoms with Crippen molar-refractivity contribution >= 4 is 5.52 Å². The molecule has 1 fully saturated rings. The third-order valence-corrected chi connectivity index (χ3v) is 3.99. The number of halogens is 2. The van der Waals surface area contributed by atoms with Gasteiger partial charge in [-0.1, -0.05) is 6.07 Å². The van der Waals surface area contributed by atoms with Gasteiger partial charge in [0.15, 0.2) is 0 Å². The van der Waals surface area contributed by atoms with Crippen LogP contribution in [0.4, 0.5) is 8.78 Å². The quantitative estimate of drug-likeness (QED) is 0.906. The van der Waals surface area contributed by atoms with E-state index in [1.807, 2.05) is 22.6 Å². The second-order valence-electron chi connectivity index (χ2n) is 5.28. The van der Waals surface area contributed by atoms with Crippen molar-refractivity contribution < 1.29 is 13.9 Å². The molecule has 1 unspecified atom stereocenters. The molecule has 1 atom stereocenters. The van der Waals surface area contributed by atoms with Crippen LogP contribution in [0.15, 0.2) is 30.7 Å². The third kappa shape index (κ3) is 2.34. The van der Waals surface area contributed by atoms with E-state index < -0.39 is 12.0 Å². The largest absolute Gasteiger partial charge is 0.387 e. The highest BCUT2D eigenvalue weighted by molar-refractivity contribution is 5.46. The molecule has 0 spiro atoms. The molecule has 0 aromatic carbocycles. The van der Waals surface area contributed by atoms with Crippen LogP contribution < -0.4 is 0 Å². The summed E-state index contributed by atoms with van der Waals surface area (Å²) in [5, 5.41) is 10.4. The summed E-state index contributed by atoms with van der Waals surface area (Å²) in [6.45, 7) is 0. The predicted molar refractivity (Wildman–Crippen MR) is 67.1 cm³/mol. The van der Waals surface area contributed by atoms with E-state index in [9.17, 15) is 13.9 Å². The Morgan fingerprint density at radius 1 is 1.32 bits per heavy atom. The average Bonchev–Trinajstić information content (AvgIpc) is 2.86. The summed E-state index contributed by atoms with van der Waals surface area (Å²) in [7, 11) is 0. The molecule has 3 nitrogen and oxygen atoms in total. The van der Waals surface area contributed by atoms with Gasteiger partial charge in [-0.2, -0.15) is 0 Å².